The van der Waals surface area contributed by atoms with E-state index in [1.165, 1.54) is 18.5 Å². The molecule has 1 aromatic rings. The molecule has 20 heavy (non-hydrogen) atoms. The largest absolute Gasteiger partial charge is 0.330 e. The van der Waals surface area contributed by atoms with Crippen molar-refractivity contribution in [2.45, 2.75) is 44.8 Å². The number of nitrogens with two attached hydrogens (primary N) is 1. The van der Waals surface area contributed by atoms with E-state index in [-0.39, 0.29) is 0 Å². The first-order valence-electron chi connectivity index (χ1n) is 7.90. The predicted octanol–water partition coefficient (Wildman–Crippen LogP) is 1.24. The molecule has 5 nitrogen and oxygen atoms in total. The van der Waals surface area contributed by atoms with Gasteiger partial charge in [0.2, 0.25) is 0 Å². The van der Waals surface area contributed by atoms with Gasteiger partial charge < -0.3 is 10.3 Å². The highest BCUT2D eigenvalue weighted by atomic mass is 15.3. The molecule has 0 radical (unpaired) electrons. The Balaban J connectivity index is 1.69. The maximum Gasteiger partial charge on any atom is 0.0951 e. The van der Waals surface area contributed by atoms with Gasteiger partial charge in [-0.2, -0.15) is 0 Å². The van der Waals surface area contributed by atoms with Crippen LogP contribution in [0.1, 0.15) is 44.5 Å². The van der Waals surface area contributed by atoms with Crippen LogP contribution in [-0.4, -0.2) is 58.1 Å². The summed E-state index contributed by atoms with van der Waals surface area (Å²) >= 11 is 0. The van der Waals surface area contributed by atoms with Gasteiger partial charge in [-0.1, -0.05) is 0 Å². The molecule has 1 aliphatic heterocycles. The van der Waals surface area contributed by atoms with Gasteiger partial charge in [0.25, 0.3) is 0 Å². The second-order valence-electron chi connectivity index (χ2n) is 6.37. The Morgan fingerprint density at radius 1 is 1.20 bits per heavy atom. The smallest absolute Gasteiger partial charge is 0.0951 e. The summed E-state index contributed by atoms with van der Waals surface area (Å²) in [6.45, 7) is 9.74. The second kappa shape index (κ2) is 5.84. The third kappa shape index (κ3) is 2.75. The lowest BCUT2D eigenvalue weighted by Gasteiger charge is -2.40. The van der Waals surface area contributed by atoms with Gasteiger partial charge in [0.05, 0.1) is 18.1 Å². The SMILES string of the molecule is CC(C)N1CCN(C(CN)c2cncn2C2CC2)CC1. The standard InChI is InChI=1S/C15H27N5/c1-12(2)18-5-7-19(8-6-18)14(9-16)15-10-17-11-20(15)13-3-4-13/h10-14H,3-9,16H2,1-2H3. The first-order chi connectivity index (χ1) is 9.70. The summed E-state index contributed by atoms with van der Waals surface area (Å²) in [5.74, 6) is 0. The van der Waals surface area contributed by atoms with Gasteiger partial charge in [-0.25, -0.2) is 4.98 Å². The molecule has 2 aliphatic rings. The van der Waals surface area contributed by atoms with Gasteiger partial charge >= 0.3 is 0 Å². The van der Waals surface area contributed by atoms with Gasteiger partial charge in [-0.3, -0.25) is 9.80 Å². The molecule has 0 amide bonds. The van der Waals surface area contributed by atoms with Crippen LogP contribution in [0.3, 0.4) is 0 Å². The van der Waals surface area contributed by atoms with Crippen molar-refractivity contribution in [1.82, 2.24) is 19.4 Å². The first-order valence-corrected chi connectivity index (χ1v) is 7.90. The molecule has 0 spiro atoms. The maximum absolute atomic E-state index is 6.08. The number of nitrogens with zero attached hydrogens (tertiary/aromatic N) is 4. The normalized spacial score (nSPS) is 23.4. The number of hydrogen-bond acceptors (Lipinski definition) is 4. The van der Waals surface area contributed by atoms with Crippen molar-refractivity contribution < 1.29 is 0 Å². The quantitative estimate of drug-likeness (QED) is 0.880. The van der Waals surface area contributed by atoms with E-state index in [0.29, 0.717) is 24.7 Å². The summed E-state index contributed by atoms with van der Waals surface area (Å²) in [5.41, 5.74) is 7.40. The fourth-order valence-corrected chi connectivity index (χ4v) is 3.25. The van der Waals surface area contributed by atoms with Gasteiger partial charge in [-0.05, 0) is 26.7 Å². The number of hydrogen-bond donors (Lipinski definition) is 1. The number of aromatic nitrogens is 2. The van der Waals surface area contributed by atoms with Crippen LogP contribution in [-0.2, 0) is 0 Å². The van der Waals surface area contributed by atoms with E-state index in [4.69, 9.17) is 5.73 Å². The molecule has 0 aromatic carbocycles. The highest BCUT2D eigenvalue weighted by molar-refractivity contribution is 5.10. The average Bonchev–Trinajstić information content (AvgIpc) is 3.19. The van der Waals surface area contributed by atoms with E-state index in [0.717, 1.165) is 26.2 Å². The van der Waals surface area contributed by atoms with Crippen LogP contribution in [0.25, 0.3) is 0 Å². The third-order valence-electron chi connectivity index (χ3n) is 4.72. The minimum atomic E-state index is 0.326. The monoisotopic (exact) mass is 277 g/mol. The molecule has 1 saturated heterocycles. The highest BCUT2D eigenvalue weighted by Crippen LogP contribution is 2.37. The molecular formula is C15H27N5. The lowest BCUT2D eigenvalue weighted by molar-refractivity contribution is 0.0777. The predicted molar refractivity (Wildman–Crippen MR) is 80.6 cm³/mol. The molecule has 5 heteroatoms. The molecule has 1 saturated carbocycles. The fourth-order valence-electron chi connectivity index (χ4n) is 3.25. The number of rotatable bonds is 5. The minimum absolute atomic E-state index is 0.326. The van der Waals surface area contributed by atoms with E-state index < -0.39 is 0 Å². The summed E-state index contributed by atoms with van der Waals surface area (Å²) in [6.07, 6.45) is 6.59. The zero-order valence-corrected chi connectivity index (χ0v) is 12.7. The Hall–Kier alpha value is -0.910. The highest BCUT2D eigenvalue weighted by Gasteiger charge is 2.31. The molecule has 3 rings (SSSR count). The number of piperazine rings is 1. The topological polar surface area (TPSA) is 50.3 Å². The molecule has 112 valence electrons. The Kier molecular flexibility index (Phi) is 4.10. The van der Waals surface area contributed by atoms with Crippen LogP contribution >= 0.6 is 0 Å². The zero-order valence-electron chi connectivity index (χ0n) is 12.7. The molecule has 1 aliphatic carbocycles. The van der Waals surface area contributed by atoms with Crippen LogP contribution < -0.4 is 5.73 Å². The molecule has 2 fully saturated rings. The van der Waals surface area contributed by atoms with Crippen molar-refractivity contribution in [3.05, 3.63) is 18.2 Å². The van der Waals surface area contributed by atoms with Gasteiger partial charge in [0.15, 0.2) is 0 Å². The third-order valence-corrected chi connectivity index (χ3v) is 4.72. The lowest BCUT2D eigenvalue weighted by Crippen LogP contribution is -2.51. The van der Waals surface area contributed by atoms with Crippen molar-refractivity contribution in [1.29, 1.82) is 0 Å². The van der Waals surface area contributed by atoms with Crippen molar-refractivity contribution in [2.75, 3.05) is 32.7 Å². The van der Waals surface area contributed by atoms with Gasteiger partial charge in [-0.15, -0.1) is 0 Å². The van der Waals surface area contributed by atoms with Gasteiger partial charge in [0, 0.05) is 51.0 Å². The Morgan fingerprint density at radius 2 is 1.85 bits per heavy atom. The second-order valence-corrected chi connectivity index (χ2v) is 6.37. The van der Waals surface area contributed by atoms with Crippen molar-refractivity contribution >= 4 is 0 Å². The molecular weight excluding hydrogens is 250 g/mol. The van der Waals surface area contributed by atoms with Crippen molar-refractivity contribution in [3.63, 3.8) is 0 Å². The molecule has 1 atom stereocenters. The Labute approximate surface area is 121 Å². The average molecular weight is 277 g/mol. The van der Waals surface area contributed by atoms with Crippen LogP contribution in [0.5, 0.6) is 0 Å². The first kappa shape index (κ1) is 14.0. The summed E-state index contributed by atoms with van der Waals surface area (Å²) in [4.78, 5) is 9.44. The molecule has 1 aromatic heterocycles. The summed E-state index contributed by atoms with van der Waals surface area (Å²) in [5, 5.41) is 0. The van der Waals surface area contributed by atoms with Gasteiger partial charge in [0.1, 0.15) is 0 Å². The van der Waals surface area contributed by atoms with Crippen molar-refractivity contribution in [2.24, 2.45) is 5.73 Å². The van der Waals surface area contributed by atoms with E-state index in [1.807, 2.05) is 12.5 Å². The van der Waals surface area contributed by atoms with Crippen LogP contribution in [0.4, 0.5) is 0 Å². The summed E-state index contributed by atoms with van der Waals surface area (Å²) < 4.78 is 2.35. The van der Waals surface area contributed by atoms with Crippen LogP contribution in [0.2, 0.25) is 0 Å². The number of imidazole rings is 1. The fraction of sp³-hybridized carbons (Fsp3) is 0.800. The molecule has 2 N–H and O–H groups in total. The minimum Gasteiger partial charge on any atom is -0.330 e. The Bertz CT molecular complexity index is 429. The van der Waals surface area contributed by atoms with Crippen molar-refractivity contribution in [3.8, 4) is 0 Å². The van der Waals surface area contributed by atoms with E-state index in [9.17, 15) is 0 Å². The molecule has 1 unspecified atom stereocenters. The maximum atomic E-state index is 6.08. The molecule has 2 heterocycles. The van der Waals surface area contributed by atoms with Crippen LogP contribution in [0.15, 0.2) is 12.5 Å². The lowest BCUT2D eigenvalue weighted by atomic mass is 10.1. The zero-order chi connectivity index (χ0) is 14.1. The van der Waals surface area contributed by atoms with E-state index in [1.54, 1.807) is 0 Å². The van der Waals surface area contributed by atoms with E-state index in [2.05, 4.69) is 33.2 Å². The summed E-state index contributed by atoms with van der Waals surface area (Å²) in [7, 11) is 0. The summed E-state index contributed by atoms with van der Waals surface area (Å²) in [6, 6.07) is 1.65. The van der Waals surface area contributed by atoms with Crippen LogP contribution in [0, 0.1) is 0 Å². The molecule has 0 bridgehead atoms. The van der Waals surface area contributed by atoms with E-state index >= 15 is 0 Å². The Morgan fingerprint density at radius 3 is 2.40 bits per heavy atom.